The lowest BCUT2D eigenvalue weighted by molar-refractivity contribution is 0.415. The first-order valence-electron chi connectivity index (χ1n) is 5.96. The molecular weight excluding hydrogens is 236 g/mol. The van der Waals surface area contributed by atoms with Gasteiger partial charge in [-0.3, -0.25) is 0 Å². The number of benzene rings is 1. The largest absolute Gasteiger partial charge is 0.495 e. The molecule has 1 aromatic carbocycles. The molecule has 0 aliphatic carbocycles. The number of halogens is 1. The summed E-state index contributed by atoms with van der Waals surface area (Å²) in [5, 5.41) is 0.661. The van der Waals surface area contributed by atoms with E-state index in [4.69, 9.17) is 22.1 Å². The molecule has 2 rings (SSSR count). The molecule has 0 saturated carbocycles. The van der Waals surface area contributed by atoms with Gasteiger partial charge in [-0.15, -0.1) is 0 Å². The molecule has 4 heteroatoms. The molecule has 1 aliphatic rings. The fraction of sp³-hybridized carbons (Fsp3) is 0.538. The van der Waals surface area contributed by atoms with Crippen LogP contribution in [0.15, 0.2) is 18.2 Å². The standard InChI is InChI=1S/C13H19ClN2O/c1-9(15)10-5-6-16(8-10)11-3-4-13(17-2)12(14)7-11/h3-4,7,9-10H,5-6,8,15H2,1-2H3. The molecular formula is C13H19ClN2O. The summed E-state index contributed by atoms with van der Waals surface area (Å²) >= 11 is 6.13. The first-order valence-corrected chi connectivity index (χ1v) is 6.33. The van der Waals surface area contributed by atoms with Crippen molar-refractivity contribution in [2.24, 2.45) is 11.7 Å². The molecule has 1 heterocycles. The summed E-state index contributed by atoms with van der Waals surface area (Å²) in [6.45, 7) is 4.14. The highest BCUT2D eigenvalue weighted by Gasteiger charge is 2.25. The molecule has 17 heavy (non-hydrogen) atoms. The molecule has 1 aliphatic heterocycles. The number of rotatable bonds is 3. The van der Waals surface area contributed by atoms with Crippen molar-refractivity contribution in [2.45, 2.75) is 19.4 Å². The van der Waals surface area contributed by atoms with Crippen LogP contribution in [0.4, 0.5) is 5.69 Å². The average molecular weight is 255 g/mol. The van der Waals surface area contributed by atoms with Gasteiger partial charge in [0, 0.05) is 24.8 Å². The van der Waals surface area contributed by atoms with Crippen LogP contribution in [0.3, 0.4) is 0 Å². The van der Waals surface area contributed by atoms with Crippen LogP contribution in [-0.4, -0.2) is 26.2 Å². The minimum Gasteiger partial charge on any atom is -0.495 e. The zero-order valence-corrected chi connectivity index (χ0v) is 11.1. The van der Waals surface area contributed by atoms with Crippen molar-refractivity contribution in [3.05, 3.63) is 23.2 Å². The van der Waals surface area contributed by atoms with E-state index in [0.717, 1.165) is 30.9 Å². The van der Waals surface area contributed by atoms with E-state index in [1.807, 2.05) is 18.2 Å². The Morgan fingerprint density at radius 2 is 2.29 bits per heavy atom. The van der Waals surface area contributed by atoms with Crippen molar-refractivity contribution in [3.8, 4) is 5.75 Å². The van der Waals surface area contributed by atoms with Gasteiger partial charge in [-0.1, -0.05) is 11.6 Å². The fourth-order valence-electron chi connectivity index (χ4n) is 2.30. The topological polar surface area (TPSA) is 38.5 Å². The van der Waals surface area contributed by atoms with Crippen molar-refractivity contribution in [2.75, 3.05) is 25.1 Å². The third-order valence-corrected chi connectivity index (χ3v) is 3.76. The summed E-state index contributed by atoms with van der Waals surface area (Å²) < 4.78 is 5.15. The van der Waals surface area contributed by atoms with E-state index < -0.39 is 0 Å². The number of methoxy groups -OCH3 is 1. The Bertz CT molecular complexity index is 395. The summed E-state index contributed by atoms with van der Waals surface area (Å²) in [5.74, 6) is 1.30. The minimum atomic E-state index is 0.258. The van der Waals surface area contributed by atoms with E-state index in [0.29, 0.717) is 10.9 Å². The molecule has 2 N–H and O–H groups in total. The van der Waals surface area contributed by atoms with Crippen molar-refractivity contribution >= 4 is 17.3 Å². The molecule has 1 aromatic rings. The van der Waals surface area contributed by atoms with Crippen molar-refractivity contribution < 1.29 is 4.74 Å². The number of hydrogen-bond donors (Lipinski definition) is 1. The Morgan fingerprint density at radius 3 is 2.82 bits per heavy atom. The van der Waals surface area contributed by atoms with E-state index in [2.05, 4.69) is 11.8 Å². The molecule has 0 aromatic heterocycles. The Balaban J connectivity index is 2.11. The van der Waals surface area contributed by atoms with Crippen LogP contribution in [0, 0.1) is 5.92 Å². The molecule has 1 saturated heterocycles. The monoisotopic (exact) mass is 254 g/mol. The Labute approximate surface area is 107 Å². The summed E-state index contributed by atoms with van der Waals surface area (Å²) in [6.07, 6.45) is 1.15. The second-order valence-corrected chi connectivity index (χ2v) is 5.08. The zero-order chi connectivity index (χ0) is 12.4. The van der Waals surface area contributed by atoms with Crippen molar-refractivity contribution in [1.29, 1.82) is 0 Å². The molecule has 0 spiro atoms. The predicted octanol–water partition coefficient (Wildman–Crippen LogP) is 2.52. The van der Waals surface area contributed by atoms with E-state index in [1.165, 1.54) is 0 Å². The number of nitrogens with zero attached hydrogens (tertiary/aromatic N) is 1. The highest BCUT2D eigenvalue weighted by atomic mass is 35.5. The number of nitrogens with two attached hydrogens (primary N) is 1. The van der Waals surface area contributed by atoms with Gasteiger partial charge >= 0.3 is 0 Å². The van der Waals surface area contributed by atoms with Crippen LogP contribution in [0.5, 0.6) is 5.75 Å². The second-order valence-electron chi connectivity index (χ2n) is 4.67. The maximum absolute atomic E-state index is 6.13. The molecule has 3 nitrogen and oxygen atoms in total. The zero-order valence-electron chi connectivity index (χ0n) is 10.3. The second kappa shape index (κ2) is 5.15. The van der Waals surface area contributed by atoms with Crippen LogP contribution < -0.4 is 15.4 Å². The smallest absolute Gasteiger partial charge is 0.137 e. The molecule has 2 unspecified atom stereocenters. The van der Waals surface area contributed by atoms with Gasteiger partial charge in [0.2, 0.25) is 0 Å². The summed E-state index contributed by atoms with van der Waals surface area (Å²) in [6, 6.07) is 6.18. The molecule has 0 bridgehead atoms. The highest BCUT2D eigenvalue weighted by Crippen LogP contribution is 2.32. The Morgan fingerprint density at radius 1 is 1.53 bits per heavy atom. The van der Waals surface area contributed by atoms with Crippen LogP contribution in [0.2, 0.25) is 5.02 Å². The normalized spacial score (nSPS) is 21.6. The van der Waals surface area contributed by atoms with Gasteiger partial charge in [0.15, 0.2) is 0 Å². The third-order valence-electron chi connectivity index (χ3n) is 3.47. The minimum absolute atomic E-state index is 0.258. The van der Waals surface area contributed by atoms with Crippen LogP contribution in [-0.2, 0) is 0 Å². The summed E-state index contributed by atoms with van der Waals surface area (Å²) in [4.78, 5) is 2.33. The molecule has 0 radical (unpaired) electrons. The number of anilines is 1. The maximum Gasteiger partial charge on any atom is 0.137 e. The lowest BCUT2D eigenvalue weighted by Gasteiger charge is -2.20. The van der Waals surface area contributed by atoms with E-state index in [9.17, 15) is 0 Å². The van der Waals surface area contributed by atoms with Gasteiger partial charge in [0.25, 0.3) is 0 Å². The van der Waals surface area contributed by atoms with Crippen LogP contribution in [0.25, 0.3) is 0 Å². The Kier molecular flexibility index (Phi) is 3.79. The first kappa shape index (κ1) is 12.5. The SMILES string of the molecule is COc1ccc(N2CCC(C(C)N)C2)cc1Cl. The molecule has 0 amide bonds. The maximum atomic E-state index is 6.13. The van der Waals surface area contributed by atoms with Gasteiger partial charge in [0.1, 0.15) is 5.75 Å². The van der Waals surface area contributed by atoms with Crippen LogP contribution in [0.1, 0.15) is 13.3 Å². The van der Waals surface area contributed by atoms with Gasteiger partial charge in [-0.25, -0.2) is 0 Å². The quantitative estimate of drug-likeness (QED) is 0.901. The van der Waals surface area contributed by atoms with Crippen molar-refractivity contribution in [3.63, 3.8) is 0 Å². The molecule has 94 valence electrons. The fourth-order valence-corrected chi connectivity index (χ4v) is 2.55. The Hall–Kier alpha value is -0.930. The van der Waals surface area contributed by atoms with Gasteiger partial charge in [0.05, 0.1) is 12.1 Å². The molecule has 1 fully saturated rings. The summed E-state index contributed by atoms with van der Waals surface area (Å²) in [7, 11) is 1.63. The lowest BCUT2D eigenvalue weighted by Crippen LogP contribution is -2.29. The predicted molar refractivity (Wildman–Crippen MR) is 72.0 cm³/mol. The van der Waals surface area contributed by atoms with Gasteiger partial charge in [-0.05, 0) is 37.5 Å². The third kappa shape index (κ3) is 2.67. The lowest BCUT2D eigenvalue weighted by atomic mass is 10.0. The summed E-state index contributed by atoms with van der Waals surface area (Å²) in [5.41, 5.74) is 7.09. The average Bonchev–Trinajstić information content (AvgIpc) is 2.78. The van der Waals surface area contributed by atoms with Gasteiger partial charge < -0.3 is 15.4 Å². The van der Waals surface area contributed by atoms with E-state index in [-0.39, 0.29) is 6.04 Å². The number of hydrogen-bond acceptors (Lipinski definition) is 3. The number of ether oxygens (including phenoxy) is 1. The van der Waals surface area contributed by atoms with Gasteiger partial charge in [-0.2, -0.15) is 0 Å². The van der Waals surface area contributed by atoms with E-state index in [1.54, 1.807) is 7.11 Å². The van der Waals surface area contributed by atoms with Crippen molar-refractivity contribution in [1.82, 2.24) is 0 Å². The highest BCUT2D eigenvalue weighted by molar-refractivity contribution is 6.32. The first-order chi connectivity index (χ1) is 8.11. The molecule has 2 atom stereocenters. The van der Waals surface area contributed by atoms with Crippen LogP contribution >= 0.6 is 11.6 Å². The van der Waals surface area contributed by atoms with E-state index >= 15 is 0 Å².